The van der Waals surface area contributed by atoms with Crippen molar-refractivity contribution in [3.8, 4) is 0 Å². The average molecular weight is 803 g/mol. The molecule has 0 aliphatic rings. The van der Waals surface area contributed by atoms with Crippen LogP contribution in [0.4, 0.5) is 19.2 Å². The summed E-state index contributed by atoms with van der Waals surface area (Å²) in [5.74, 6) is -2.45. The lowest BCUT2D eigenvalue weighted by atomic mass is 10.1. The molecule has 0 aromatic heterocycles. The quantitative estimate of drug-likeness (QED) is 0.0597. The van der Waals surface area contributed by atoms with E-state index in [4.69, 9.17) is 18.9 Å². The number of carbonyl (C=O) groups is 7. The molecule has 0 aromatic carbocycles. The maximum absolute atomic E-state index is 13.3. The number of carbonyl (C=O) groups excluding carboxylic acids is 6. The molecule has 0 rings (SSSR count). The third-order valence-electron chi connectivity index (χ3n) is 7.02. The van der Waals surface area contributed by atoms with E-state index in [1.165, 1.54) is 0 Å². The molecule has 0 radical (unpaired) electrons. The van der Waals surface area contributed by atoms with Gasteiger partial charge in [-0.15, -0.1) is 0 Å². The smallest absolute Gasteiger partial charge is 0.408 e. The molecule has 0 saturated carbocycles. The standard InChI is InChI=1S/C38H70N6O12/c1-35(2,3)53-31(49)40-23-17-13-19-25(43-33(51)55-37(7,8)9)28(45)39-22-16-15-21-27(30(47)48)42-29(46)26(44-34(52)56-38(10,11)12)20-14-18-24-41-32(50)54-36(4,5)6/h25-27H,13-24H2,1-12H3,(H,39,45)(H,40,49)(H,41,50)(H,42,46)(H,43,51)(H,44,52)(H,47,48)/t25-,26-,27+/m1/s1. The van der Waals surface area contributed by atoms with Crippen LogP contribution in [-0.4, -0.2) is 107 Å². The third kappa shape index (κ3) is 28.9. The highest BCUT2D eigenvalue weighted by atomic mass is 16.6. The van der Waals surface area contributed by atoms with E-state index in [1.54, 1.807) is 83.1 Å². The van der Waals surface area contributed by atoms with Crippen LogP contribution < -0.4 is 31.9 Å². The predicted octanol–water partition coefficient (Wildman–Crippen LogP) is 5.02. The fourth-order valence-electron chi connectivity index (χ4n) is 4.73. The Morgan fingerprint density at radius 2 is 0.714 bits per heavy atom. The van der Waals surface area contributed by atoms with Crippen molar-refractivity contribution >= 4 is 42.2 Å². The second-order valence-electron chi connectivity index (χ2n) is 17.4. The molecular formula is C38H70N6O12. The van der Waals surface area contributed by atoms with E-state index >= 15 is 0 Å². The molecule has 18 heteroatoms. The zero-order valence-electron chi connectivity index (χ0n) is 35.7. The van der Waals surface area contributed by atoms with Crippen molar-refractivity contribution in [1.82, 2.24) is 31.9 Å². The molecule has 0 unspecified atom stereocenters. The van der Waals surface area contributed by atoms with Gasteiger partial charge in [-0.05, 0) is 141 Å². The molecule has 0 fully saturated rings. The molecule has 0 heterocycles. The van der Waals surface area contributed by atoms with Crippen molar-refractivity contribution in [2.24, 2.45) is 0 Å². The SMILES string of the molecule is CC(C)(C)OC(=O)NCCCC[C@@H](NC(=O)OC(C)(C)C)C(=O)NCCCC[C@H](NC(=O)[C@@H](CCCCNC(=O)OC(C)(C)C)NC(=O)OC(C)(C)C)C(=O)O. The van der Waals surface area contributed by atoms with Crippen molar-refractivity contribution in [3.63, 3.8) is 0 Å². The van der Waals surface area contributed by atoms with E-state index in [-0.39, 0.29) is 32.4 Å². The normalized spacial score (nSPS) is 13.5. The van der Waals surface area contributed by atoms with Crippen LogP contribution in [0.2, 0.25) is 0 Å². The maximum Gasteiger partial charge on any atom is 0.408 e. The first-order valence-electron chi connectivity index (χ1n) is 19.3. The summed E-state index contributed by atoms with van der Waals surface area (Å²) in [4.78, 5) is 87.3. The van der Waals surface area contributed by atoms with Crippen molar-refractivity contribution in [2.45, 2.75) is 181 Å². The zero-order valence-corrected chi connectivity index (χ0v) is 35.7. The maximum atomic E-state index is 13.3. The lowest BCUT2D eigenvalue weighted by Gasteiger charge is -2.24. The van der Waals surface area contributed by atoms with E-state index in [1.807, 2.05) is 0 Å². The number of hydrogen-bond donors (Lipinski definition) is 7. The minimum absolute atomic E-state index is 0.0279. The van der Waals surface area contributed by atoms with E-state index in [9.17, 15) is 38.7 Å². The van der Waals surface area contributed by atoms with Gasteiger partial charge < -0.3 is 56.0 Å². The number of hydrogen-bond acceptors (Lipinski definition) is 11. The minimum Gasteiger partial charge on any atom is -0.480 e. The first-order valence-corrected chi connectivity index (χ1v) is 19.3. The molecule has 0 aromatic rings. The number of ether oxygens (including phenoxy) is 4. The van der Waals surface area contributed by atoms with Gasteiger partial charge in [-0.2, -0.15) is 0 Å². The average Bonchev–Trinajstić information content (AvgIpc) is 2.98. The molecule has 18 nitrogen and oxygen atoms in total. The number of nitrogens with one attached hydrogen (secondary N) is 6. The summed E-state index contributed by atoms with van der Waals surface area (Å²) >= 11 is 0. The Hall–Kier alpha value is -4.51. The summed E-state index contributed by atoms with van der Waals surface area (Å²) in [6.07, 6.45) is 0.185. The Morgan fingerprint density at radius 1 is 0.411 bits per heavy atom. The highest BCUT2D eigenvalue weighted by molar-refractivity contribution is 5.89. The number of unbranched alkanes of at least 4 members (excludes halogenated alkanes) is 3. The predicted molar refractivity (Wildman–Crippen MR) is 209 cm³/mol. The van der Waals surface area contributed by atoms with E-state index in [0.29, 0.717) is 45.1 Å². The van der Waals surface area contributed by atoms with Gasteiger partial charge in [-0.25, -0.2) is 24.0 Å². The summed E-state index contributed by atoms with van der Waals surface area (Å²) in [6.45, 7) is 21.3. The Morgan fingerprint density at radius 3 is 1.05 bits per heavy atom. The Bertz CT molecular complexity index is 1280. The number of aliphatic carboxylic acids is 1. The summed E-state index contributed by atoms with van der Waals surface area (Å²) < 4.78 is 21.0. The Balaban J connectivity index is 5.23. The van der Waals surface area contributed by atoms with Crippen molar-refractivity contribution in [3.05, 3.63) is 0 Å². The summed E-state index contributed by atoms with van der Waals surface area (Å²) in [5, 5.41) is 25.5. The van der Waals surface area contributed by atoms with Gasteiger partial charge in [0.05, 0.1) is 0 Å². The number of carboxylic acids is 1. The number of amides is 6. The summed E-state index contributed by atoms with van der Waals surface area (Å²) in [5.41, 5.74) is -2.92. The van der Waals surface area contributed by atoms with Gasteiger partial charge in [0.25, 0.3) is 0 Å². The van der Waals surface area contributed by atoms with Gasteiger partial charge >= 0.3 is 30.3 Å². The number of carboxylic acid groups (broad SMARTS) is 1. The van der Waals surface area contributed by atoms with Crippen LogP contribution in [0.5, 0.6) is 0 Å². The zero-order chi connectivity index (χ0) is 43.3. The van der Waals surface area contributed by atoms with Crippen LogP contribution in [0.15, 0.2) is 0 Å². The number of rotatable bonds is 21. The number of alkyl carbamates (subject to hydrolysis) is 4. The van der Waals surface area contributed by atoms with Gasteiger partial charge in [-0.1, -0.05) is 0 Å². The monoisotopic (exact) mass is 803 g/mol. The summed E-state index contributed by atoms with van der Waals surface area (Å²) in [7, 11) is 0. The molecule has 56 heavy (non-hydrogen) atoms. The van der Waals surface area contributed by atoms with Crippen LogP contribution in [0.3, 0.4) is 0 Å². The van der Waals surface area contributed by atoms with Crippen LogP contribution in [0.1, 0.15) is 141 Å². The van der Waals surface area contributed by atoms with Crippen LogP contribution in [-0.2, 0) is 33.3 Å². The molecule has 0 saturated heterocycles. The molecule has 0 spiro atoms. The Labute approximate surface area is 332 Å². The highest BCUT2D eigenvalue weighted by Gasteiger charge is 2.29. The fraction of sp³-hybridized carbons (Fsp3) is 0.816. The van der Waals surface area contributed by atoms with E-state index < -0.39 is 82.7 Å². The lowest BCUT2D eigenvalue weighted by Crippen LogP contribution is -2.52. The van der Waals surface area contributed by atoms with Crippen LogP contribution in [0.25, 0.3) is 0 Å². The largest absolute Gasteiger partial charge is 0.480 e. The molecule has 6 amide bonds. The first-order chi connectivity index (χ1) is 25.6. The second-order valence-corrected chi connectivity index (χ2v) is 17.4. The Kier molecular flexibility index (Phi) is 22.2. The van der Waals surface area contributed by atoms with Crippen molar-refractivity contribution < 1.29 is 57.6 Å². The lowest BCUT2D eigenvalue weighted by molar-refractivity contribution is -0.142. The molecular weight excluding hydrogens is 732 g/mol. The highest BCUT2D eigenvalue weighted by Crippen LogP contribution is 2.12. The van der Waals surface area contributed by atoms with Gasteiger partial charge in [0.1, 0.15) is 40.5 Å². The topological polar surface area (TPSA) is 249 Å². The molecule has 0 aliphatic heterocycles. The molecule has 3 atom stereocenters. The molecule has 0 aliphatic carbocycles. The molecule has 324 valence electrons. The molecule has 0 bridgehead atoms. The van der Waals surface area contributed by atoms with Crippen molar-refractivity contribution in [2.75, 3.05) is 19.6 Å². The van der Waals surface area contributed by atoms with Crippen LogP contribution >= 0.6 is 0 Å². The van der Waals surface area contributed by atoms with E-state index in [0.717, 1.165) is 0 Å². The third-order valence-corrected chi connectivity index (χ3v) is 7.02. The van der Waals surface area contributed by atoms with Gasteiger partial charge in [0.2, 0.25) is 11.8 Å². The van der Waals surface area contributed by atoms with Gasteiger partial charge in [0, 0.05) is 19.6 Å². The second kappa shape index (κ2) is 24.2. The van der Waals surface area contributed by atoms with Gasteiger partial charge in [-0.3, -0.25) is 9.59 Å². The van der Waals surface area contributed by atoms with Crippen molar-refractivity contribution in [1.29, 1.82) is 0 Å². The van der Waals surface area contributed by atoms with Gasteiger partial charge in [0.15, 0.2) is 0 Å². The summed E-state index contributed by atoms with van der Waals surface area (Å²) in [6, 6.07) is -3.33. The van der Waals surface area contributed by atoms with Crippen LogP contribution in [0, 0.1) is 0 Å². The van der Waals surface area contributed by atoms with E-state index in [2.05, 4.69) is 31.9 Å². The fourth-order valence-corrected chi connectivity index (χ4v) is 4.73. The molecule has 7 N–H and O–H groups in total. The minimum atomic E-state index is -1.29. The first kappa shape index (κ1) is 51.5.